The van der Waals surface area contributed by atoms with Gasteiger partial charge in [0, 0.05) is 31.4 Å². The van der Waals surface area contributed by atoms with Gasteiger partial charge in [0.05, 0.1) is 30.2 Å². The molecule has 3 rings (SSSR count). The van der Waals surface area contributed by atoms with E-state index in [2.05, 4.69) is 25.4 Å². The first-order chi connectivity index (χ1) is 12.6. The highest BCUT2D eigenvalue weighted by Crippen LogP contribution is 2.21. The number of nitrogens with zero attached hydrogens (tertiary/aromatic N) is 4. The van der Waals surface area contributed by atoms with Crippen LogP contribution in [0.1, 0.15) is 30.9 Å². The average molecular weight is 357 g/mol. The third-order valence-corrected chi connectivity index (χ3v) is 4.66. The summed E-state index contributed by atoms with van der Waals surface area (Å²) in [4.78, 5) is 17.9. The minimum absolute atomic E-state index is 0.210. The molecule has 0 radical (unpaired) electrons. The SMILES string of the molecule is O=C(O)N[C@H](CCN1CCC(O)CC1)c1ccc(-c2ccnnc2)nc1. The van der Waals surface area contributed by atoms with Gasteiger partial charge in [0.25, 0.3) is 0 Å². The number of hydrogen-bond acceptors (Lipinski definition) is 6. The molecule has 2 aromatic rings. The highest BCUT2D eigenvalue weighted by Gasteiger charge is 2.20. The van der Waals surface area contributed by atoms with Crippen LogP contribution in [-0.2, 0) is 0 Å². The van der Waals surface area contributed by atoms with Crippen LogP contribution in [0.25, 0.3) is 11.3 Å². The molecule has 138 valence electrons. The topological polar surface area (TPSA) is 111 Å². The zero-order valence-corrected chi connectivity index (χ0v) is 14.5. The highest BCUT2D eigenvalue weighted by atomic mass is 16.4. The van der Waals surface area contributed by atoms with Gasteiger partial charge in [-0.1, -0.05) is 6.07 Å². The number of rotatable bonds is 6. The maximum atomic E-state index is 11.2. The van der Waals surface area contributed by atoms with E-state index >= 15 is 0 Å². The second-order valence-corrected chi connectivity index (χ2v) is 6.47. The molecule has 0 aromatic carbocycles. The molecule has 0 spiro atoms. The van der Waals surface area contributed by atoms with E-state index in [0.29, 0.717) is 6.42 Å². The van der Waals surface area contributed by atoms with E-state index in [4.69, 9.17) is 5.11 Å². The van der Waals surface area contributed by atoms with Crippen molar-refractivity contribution in [2.24, 2.45) is 0 Å². The van der Waals surface area contributed by atoms with Crippen molar-refractivity contribution in [1.29, 1.82) is 0 Å². The van der Waals surface area contributed by atoms with Crippen molar-refractivity contribution < 1.29 is 15.0 Å². The molecule has 1 saturated heterocycles. The van der Waals surface area contributed by atoms with Crippen molar-refractivity contribution in [1.82, 2.24) is 25.4 Å². The number of aromatic nitrogens is 3. The van der Waals surface area contributed by atoms with Crippen LogP contribution >= 0.6 is 0 Å². The van der Waals surface area contributed by atoms with Crippen LogP contribution in [0.5, 0.6) is 0 Å². The molecule has 3 N–H and O–H groups in total. The van der Waals surface area contributed by atoms with Crippen molar-refractivity contribution in [3.63, 3.8) is 0 Å². The largest absolute Gasteiger partial charge is 0.465 e. The molecule has 1 amide bonds. The zero-order chi connectivity index (χ0) is 18.4. The molecular weight excluding hydrogens is 334 g/mol. The molecule has 0 unspecified atom stereocenters. The molecule has 0 saturated carbocycles. The van der Waals surface area contributed by atoms with Gasteiger partial charge in [-0.05, 0) is 37.0 Å². The van der Waals surface area contributed by atoms with Gasteiger partial charge in [0.15, 0.2) is 0 Å². The van der Waals surface area contributed by atoms with Crippen molar-refractivity contribution >= 4 is 6.09 Å². The Morgan fingerprint density at radius 1 is 1.23 bits per heavy atom. The molecule has 26 heavy (non-hydrogen) atoms. The van der Waals surface area contributed by atoms with Crippen LogP contribution in [0, 0.1) is 0 Å². The van der Waals surface area contributed by atoms with Crippen LogP contribution in [-0.4, -0.2) is 62.1 Å². The standard InChI is InChI=1S/C18H23N5O3/c24-15-4-8-23(9-5-15)10-6-17(22-18(25)26)13-1-2-16(19-11-13)14-3-7-20-21-12-14/h1-3,7,11-12,15,17,22,24H,4-6,8-10H2,(H,25,26)/t17-/m1/s1. The van der Waals surface area contributed by atoms with Gasteiger partial charge in [-0.25, -0.2) is 4.79 Å². The maximum absolute atomic E-state index is 11.2. The van der Waals surface area contributed by atoms with E-state index in [1.165, 1.54) is 0 Å². The number of likely N-dealkylation sites (tertiary alicyclic amines) is 1. The summed E-state index contributed by atoms with van der Waals surface area (Å²) in [5, 5.41) is 28.9. The highest BCUT2D eigenvalue weighted by molar-refractivity contribution is 5.65. The Bertz CT molecular complexity index is 703. The van der Waals surface area contributed by atoms with Crippen LogP contribution < -0.4 is 5.32 Å². The van der Waals surface area contributed by atoms with Crippen LogP contribution in [0.3, 0.4) is 0 Å². The lowest BCUT2D eigenvalue weighted by Crippen LogP contribution is -2.38. The Kier molecular flexibility index (Phi) is 6.08. The fourth-order valence-corrected chi connectivity index (χ4v) is 3.15. The summed E-state index contributed by atoms with van der Waals surface area (Å²) >= 11 is 0. The Morgan fingerprint density at radius 3 is 2.65 bits per heavy atom. The predicted molar refractivity (Wildman–Crippen MR) is 95.5 cm³/mol. The lowest BCUT2D eigenvalue weighted by molar-refractivity contribution is 0.0806. The fraction of sp³-hybridized carbons (Fsp3) is 0.444. The molecule has 1 atom stereocenters. The summed E-state index contributed by atoms with van der Waals surface area (Å²) in [6.07, 6.45) is 5.89. The summed E-state index contributed by atoms with van der Waals surface area (Å²) < 4.78 is 0. The van der Waals surface area contributed by atoms with E-state index in [0.717, 1.165) is 49.3 Å². The molecule has 1 aliphatic rings. The minimum Gasteiger partial charge on any atom is -0.465 e. The molecule has 8 nitrogen and oxygen atoms in total. The summed E-state index contributed by atoms with van der Waals surface area (Å²) in [6, 6.07) is 5.26. The first-order valence-corrected chi connectivity index (χ1v) is 8.74. The van der Waals surface area contributed by atoms with Gasteiger partial charge in [0.1, 0.15) is 0 Å². The van der Waals surface area contributed by atoms with Gasteiger partial charge in [0.2, 0.25) is 0 Å². The molecule has 0 aliphatic carbocycles. The lowest BCUT2D eigenvalue weighted by atomic mass is 10.0. The number of aliphatic hydroxyl groups excluding tert-OH is 1. The third-order valence-electron chi connectivity index (χ3n) is 4.66. The number of hydrogen-bond donors (Lipinski definition) is 3. The third kappa shape index (κ3) is 4.96. The molecular formula is C18H23N5O3. The summed E-state index contributed by atoms with van der Waals surface area (Å²) in [5.74, 6) is 0. The molecule has 0 bridgehead atoms. The normalized spacial score (nSPS) is 17.0. The number of carboxylic acid groups (broad SMARTS) is 1. The van der Waals surface area contributed by atoms with Gasteiger partial charge < -0.3 is 20.4 Å². The number of pyridine rings is 1. The maximum Gasteiger partial charge on any atom is 0.405 e. The number of carbonyl (C=O) groups is 1. The average Bonchev–Trinajstić information content (AvgIpc) is 2.67. The number of aliphatic hydroxyl groups is 1. The Morgan fingerprint density at radius 2 is 2.04 bits per heavy atom. The van der Waals surface area contributed by atoms with Gasteiger partial charge >= 0.3 is 6.09 Å². The first-order valence-electron chi connectivity index (χ1n) is 8.74. The van der Waals surface area contributed by atoms with Crippen LogP contribution in [0.15, 0.2) is 36.8 Å². The van der Waals surface area contributed by atoms with Crippen molar-refractivity contribution in [2.45, 2.75) is 31.4 Å². The Balaban J connectivity index is 1.66. The Hall–Kier alpha value is -2.58. The quantitative estimate of drug-likeness (QED) is 0.721. The monoisotopic (exact) mass is 357 g/mol. The number of nitrogens with one attached hydrogen (secondary N) is 1. The van der Waals surface area contributed by atoms with E-state index in [1.54, 1.807) is 18.6 Å². The molecule has 1 fully saturated rings. The van der Waals surface area contributed by atoms with Crippen molar-refractivity contribution in [3.8, 4) is 11.3 Å². The van der Waals surface area contributed by atoms with E-state index in [-0.39, 0.29) is 12.1 Å². The molecule has 8 heteroatoms. The van der Waals surface area contributed by atoms with Crippen molar-refractivity contribution in [2.75, 3.05) is 19.6 Å². The van der Waals surface area contributed by atoms with Gasteiger partial charge in [-0.2, -0.15) is 10.2 Å². The first kappa shape index (κ1) is 18.2. The van der Waals surface area contributed by atoms with Crippen LogP contribution in [0.4, 0.5) is 4.79 Å². The van der Waals surface area contributed by atoms with E-state index in [1.807, 2.05) is 18.2 Å². The molecule has 3 heterocycles. The smallest absolute Gasteiger partial charge is 0.405 e. The van der Waals surface area contributed by atoms with E-state index < -0.39 is 6.09 Å². The summed E-state index contributed by atoms with van der Waals surface area (Å²) in [5.41, 5.74) is 2.46. The zero-order valence-electron chi connectivity index (χ0n) is 14.5. The Labute approximate surface area is 151 Å². The second-order valence-electron chi connectivity index (χ2n) is 6.47. The van der Waals surface area contributed by atoms with Gasteiger partial charge in [-0.3, -0.25) is 4.98 Å². The number of piperidine rings is 1. The fourth-order valence-electron chi connectivity index (χ4n) is 3.15. The molecule has 1 aliphatic heterocycles. The van der Waals surface area contributed by atoms with Crippen LogP contribution in [0.2, 0.25) is 0 Å². The minimum atomic E-state index is -1.05. The molecule has 2 aromatic heterocycles. The van der Waals surface area contributed by atoms with Crippen molar-refractivity contribution in [3.05, 3.63) is 42.4 Å². The summed E-state index contributed by atoms with van der Waals surface area (Å²) in [6.45, 7) is 2.45. The number of amides is 1. The van der Waals surface area contributed by atoms with Gasteiger partial charge in [-0.15, -0.1) is 0 Å². The summed E-state index contributed by atoms with van der Waals surface area (Å²) in [7, 11) is 0. The van der Waals surface area contributed by atoms with E-state index in [9.17, 15) is 9.90 Å². The second kappa shape index (κ2) is 8.68. The predicted octanol–water partition coefficient (Wildman–Crippen LogP) is 1.69. The lowest BCUT2D eigenvalue weighted by Gasteiger charge is -2.30.